The van der Waals surface area contributed by atoms with Gasteiger partial charge in [-0.3, -0.25) is 0 Å². The van der Waals surface area contributed by atoms with Crippen LogP contribution in [0, 0.1) is 0 Å². The van der Waals surface area contributed by atoms with Crippen LogP contribution in [-0.4, -0.2) is 5.16 Å². The number of anilines is 1. The van der Waals surface area contributed by atoms with E-state index >= 15 is 0 Å². The normalized spacial score (nSPS) is 10.7. The van der Waals surface area contributed by atoms with Crippen LogP contribution >= 0.6 is 27.5 Å². The molecule has 2 N–H and O–H groups in total. The van der Waals surface area contributed by atoms with Gasteiger partial charge in [0.2, 0.25) is 5.88 Å². The van der Waals surface area contributed by atoms with Gasteiger partial charge in [-0.25, -0.2) is 0 Å². The van der Waals surface area contributed by atoms with Gasteiger partial charge in [0.05, 0.1) is 5.56 Å². The molecule has 2 aromatic carbocycles. The summed E-state index contributed by atoms with van der Waals surface area (Å²) in [7, 11) is 0. The van der Waals surface area contributed by atoms with E-state index in [0.717, 1.165) is 21.2 Å². The van der Waals surface area contributed by atoms with Gasteiger partial charge in [-0.2, -0.15) is 0 Å². The number of halogens is 2. The van der Waals surface area contributed by atoms with Crippen LogP contribution in [0.15, 0.2) is 57.5 Å². The molecule has 3 aromatic rings. The van der Waals surface area contributed by atoms with Gasteiger partial charge in [-0.1, -0.05) is 57.0 Å². The topological polar surface area (TPSA) is 52.0 Å². The lowest BCUT2D eigenvalue weighted by atomic mass is 10.0. The van der Waals surface area contributed by atoms with Crippen LogP contribution in [-0.2, 0) is 0 Å². The number of rotatable bonds is 2. The van der Waals surface area contributed by atoms with E-state index < -0.39 is 0 Å². The first-order valence-electron chi connectivity index (χ1n) is 5.92. The van der Waals surface area contributed by atoms with Gasteiger partial charge in [-0.05, 0) is 29.8 Å². The smallest absolute Gasteiger partial charge is 0.230 e. The molecule has 1 heterocycles. The predicted octanol–water partition coefficient (Wildman–Crippen LogP) is 5.01. The molecule has 20 heavy (non-hydrogen) atoms. The lowest BCUT2D eigenvalue weighted by Gasteiger charge is -2.03. The molecule has 5 heteroatoms. The second kappa shape index (κ2) is 5.31. The highest BCUT2D eigenvalue weighted by Gasteiger charge is 2.17. The minimum Gasteiger partial charge on any atom is -0.367 e. The SMILES string of the molecule is Nc1onc(-c2cccc(Cl)c2)c1-c1ccc(Br)cc1. The number of benzene rings is 2. The summed E-state index contributed by atoms with van der Waals surface area (Å²) >= 11 is 9.44. The summed E-state index contributed by atoms with van der Waals surface area (Å²) in [6.07, 6.45) is 0. The molecule has 3 rings (SSSR count). The lowest BCUT2D eigenvalue weighted by Crippen LogP contribution is -1.87. The molecular formula is C15H10BrClN2O. The molecule has 0 radical (unpaired) electrons. The lowest BCUT2D eigenvalue weighted by molar-refractivity contribution is 0.439. The molecule has 3 nitrogen and oxygen atoms in total. The Kier molecular flexibility index (Phi) is 3.51. The molecule has 0 aliphatic heterocycles. The molecule has 0 amide bonds. The van der Waals surface area contributed by atoms with E-state index in [1.807, 2.05) is 48.5 Å². The minimum absolute atomic E-state index is 0.294. The molecule has 0 saturated carbocycles. The van der Waals surface area contributed by atoms with Crippen molar-refractivity contribution in [2.75, 3.05) is 5.73 Å². The average Bonchev–Trinajstić information content (AvgIpc) is 2.82. The van der Waals surface area contributed by atoms with E-state index in [-0.39, 0.29) is 0 Å². The van der Waals surface area contributed by atoms with E-state index in [0.29, 0.717) is 16.6 Å². The van der Waals surface area contributed by atoms with Gasteiger partial charge in [0.25, 0.3) is 0 Å². The van der Waals surface area contributed by atoms with Crippen LogP contribution in [0.4, 0.5) is 5.88 Å². The van der Waals surface area contributed by atoms with Crippen LogP contribution in [0.3, 0.4) is 0 Å². The number of nitrogens with zero attached hydrogens (tertiary/aromatic N) is 1. The van der Waals surface area contributed by atoms with Crippen LogP contribution in [0.5, 0.6) is 0 Å². The summed E-state index contributed by atoms with van der Waals surface area (Å²) in [5.74, 6) is 0.294. The highest BCUT2D eigenvalue weighted by Crippen LogP contribution is 2.37. The molecule has 100 valence electrons. The molecule has 0 fully saturated rings. The average molecular weight is 350 g/mol. The van der Waals surface area contributed by atoms with Gasteiger partial charge in [0.15, 0.2) is 0 Å². The zero-order valence-corrected chi connectivity index (χ0v) is 12.6. The second-order valence-corrected chi connectivity index (χ2v) is 5.64. The van der Waals surface area contributed by atoms with Gasteiger partial charge in [0, 0.05) is 15.1 Å². The summed E-state index contributed by atoms with van der Waals surface area (Å²) < 4.78 is 6.15. The molecular weight excluding hydrogens is 340 g/mol. The number of hydrogen-bond acceptors (Lipinski definition) is 3. The van der Waals surface area contributed by atoms with Gasteiger partial charge in [-0.15, -0.1) is 0 Å². The molecule has 0 atom stereocenters. The Morgan fingerprint density at radius 1 is 1.05 bits per heavy atom. The second-order valence-electron chi connectivity index (χ2n) is 4.29. The Balaban J connectivity index is 2.17. The van der Waals surface area contributed by atoms with Crippen molar-refractivity contribution in [1.29, 1.82) is 0 Å². The van der Waals surface area contributed by atoms with Crippen LogP contribution in [0.1, 0.15) is 0 Å². The van der Waals surface area contributed by atoms with Crippen LogP contribution < -0.4 is 5.73 Å². The van der Waals surface area contributed by atoms with Gasteiger partial charge < -0.3 is 10.3 Å². The highest BCUT2D eigenvalue weighted by atomic mass is 79.9. The van der Waals surface area contributed by atoms with Gasteiger partial charge >= 0.3 is 0 Å². The Hall–Kier alpha value is -1.78. The molecule has 1 aromatic heterocycles. The summed E-state index contributed by atoms with van der Waals surface area (Å²) in [6.45, 7) is 0. The highest BCUT2D eigenvalue weighted by molar-refractivity contribution is 9.10. The first-order chi connectivity index (χ1) is 9.65. The third-order valence-electron chi connectivity index (χ3n) is 2.95. The van der Waals surface area contributed by atoms with Crippen molar-refractivity contribution in [3.8, 4) is 22.4 Å². The van der Waals surface area contributed by atoms with Crippen molar-refractivity contribution in [3.63, 3.8) is 0 Å². The van der Waals surface area contributed by atoms with Gasteiger partial charge in [0.1, 0.15) is 5.69 Å². The summed E-state index contributed by atoms with van der Waals surface area (Å²) in [5, 5.41) is 4.70. The fourth-order valence-corrected chi connectivity index (χ4v) is 2.49. The Labute approximate surface area is 129 Å². The number of hydrogen-bond donors (Lipinski definition) is 1. The molecule has 0 spiro atoms. The first kappa shape index (κ1) is 13.2. The van der Waals surface area contributed by atoms with Crippen LogP contribution in [0.25, 0.3) is 22.4 Å². The summed E-state index contributed by atoms with van der Waals surface area (Å²) in [4.78, 5) is 0. The third kappa shape index (κ3) is 2.44. The van der Waals surface area contributed by atoms with Crippen molar-refractivity contribution >= 4 is 33.4 Å². The van der Waals surface area contributed by atoms with Crippen molar-refractivity contribution < 1.29 is 4.52 Å². The maximum atomic E-state index is 6.02. The molecule has 0 unspecified atom stereocenters. The Bertz CT molecular complexity index is 753. The quantitative estimate of drug-likeness (QED) is 0.708. The maximum absolute atomic E-state index is 6.02. The van der Waals surface area contributed by atoms with Crippen molar-refractivity contribution in [2.24, 2.45) is 0 Å². The Morgan fingerprint density at radius 2 is 1.80 bits per heavy atom. The number of aromatic nitrogens is 1. The molecule has 0 bridgehead atoms. The largest absolute Gasteiger partial charge is 0.367 e. The Morgan fingerprint density at radius 3 is 2.50 bits per heavy atom. The predicted molar refractivity (Wildman–Crippen MR) is 84.5 cm³/mol. The molecule has 0 saturated heterocycles. The molecule has 0 aliphatic carbocycles. The number of nitrogens with two attached hydrogens (primary N) is 1. The maximum Gasteiger partial charge on any atom is 0.230 e. The number of nitrogen functional groups attached to an aromatic ring is 1. The zero-order chi connectivity index (χ0) is 14.1. The van der Waals surface area contributed by atoms with E-state index in [2.05, 4.69) is 21.1 Å². The zero-order valence-electron chi connectivity index (χ0n) is 10.3. The minimum atomic E-state index is 0.294. The van der Waals surface area contributed by atoms with E-state index in [9.17, 15) is 0 Å². The summed E-state index contributed by atoms with van der Waals surface area (Å²) in [6, 6.07) is 15.3. The standard InChI is InChI=1S/C15H10BrClN2O/c16-11-6-4-9(5-7-11)13-14(19-20-15(13)18)10-2-1-3-12(17)8-10/h1-8H,18H2. The molecule has 0 aliphatic rings. The summed E-state index contributed by atoms with van der Waals surface area (Å²) in [5.41, 5.74) is 9.20. The van der Waals surface area contributed by atoms with E-state index in [1.165, 1.54) is 0 Å². The van der Waals surface area contributed by atoms with E-state index in [4.69, 9.17) is 21.9 Å². The third-order valence-corrected chi connectivity index (χ3v) is 3.71. The van der Waals surface area contributed by atoms with Crippen molar-refractivity contribution in [1.82, 2.24) is 5.16 Å². The van der Waals surface area contributed by atoms with Crippen LogP contribution in [0.2, 0.25) is 5.02 Å². The van der Waals surface area contributed by atoms with Crippen molar-refractivity contribution in [2.45, 2.75) is 0 Å². The fraction of sp³-hybridized carbons (Fsp3) is 0. The van der Waals surface area contributed by atoms with E-state index in [1.54, 1.807) is 0 Å². The fourth-order valence-electron chi connectivity index (χ4n) is 2.03. The van der Waals surface area contributed by atoms with Crippen molar-refractivity contribution in [3.05, 3.63) is 58.0 Å². The monoisotopic (exact) mass is 348 g/mol. The first-order valence-corrected chi connectivity index (χ1v) is 7.09.